The Morgan fingerprint density at radius 1 is 1.21 bits per heavy atom. The lowest BCUT2D eigenvalue weighted by Gasteiger charge is -2.43. The standard InChI is InChI=1S/C18H30N4O2/c1-19-17(20-11-14-24-16-7-5-4-6-8-16)21-15-18(22(2)3)9-12-23-13-10-18/h4-8H,9-15H2,1-3H3,(H2,19,20,21). The molecule has 0 amide bonds. The first kappa shape index (κ1) is 18.5. The van der Waals surface area contributed by atoms with Crippen LogP contribution in [0.25, 0.3) is 0 Å². The molecule has 2 rings (SSSR count). The first-order valence-corrected chi connectivity index (χ1v) is 8.54. The SMILES string of the molecule is CN=C(NCCOc1ccccc1)NCC1(N(C)C)CCOCC1. The van der Waals surface area contributed by atoms with Gasteiger partial charge in [-0.1, -0.05) is 18.2 Å². The van der Waals surface area contributed by atoms with Gasteiger partial charge in [0.1, 0.15) is 12.4 Å². The van der Waals surface area contributed by atoms with Crippen LogP contribution in [0.1, 0.15) is 12.8 Å². The highest BCUT2D eigenvalue weighted by atomic mass is 16.5. The van der Waals surface area contributed by atoms with E-state index in [4.69, 9.17) is 9.47 Å². The second kappa shape index (κ2) is 9.49. The number of nitrogens with zero attached hydrogens (tertiary/aromatic N) is 2. The molecule has 2 N–H and O–H groups in total. The molecular weight excluding hydrogens is 304 g/mol. The van der Waals surface area contributed by atoms with Crippen molar-refractivity contribution in [2.75, 3.05) is 54.1 Å². The van der Waals surface area contributed by atoms with Gasteiger partial charge in [-0.3, -0.25) is 4.99 Å². The smallest absolute Gasteiger partial charge is 0.191 e. The van der Waals surface area contributed by atoms with Gasteiger partial charge in [0.05, 0.1) is 6.54 Å². The molecule has 0 spiro atoms. The molecule has 0 unspecified atom stereocenters. The molecule has 0 atom stereocenters. The minimum absolute atomic E-state index is 0.121. The monoisotopic (exact) mass is 334 g/mol. The molecule has 0 bridgehead atoms. The van der Waals surface area contributed by atoms with Crippen molar-refractivity contribution in [1.82, 2.24) is 15.5 Å². The molecule has 1 heterocycles. The van der Waals surface area contributed by atoms with Gasteiger partial charge in [0.25, 0.3) is 0 Å². The molecule has 134 valence electrons. The van der Waals surface area contributed by atoms with Crippen LogP contribution in [0.2, 0.25) is 0 Å². The molecule has 6 nitrogen and oxygen atoms in total. The third-order valence-corrected chi connectivity index (χ3v) is 4.59. The van der Waals surface area contributed by atoms with E-state index >= 15 is 0 Å². The van der Waals surface area contributed by atoms with Gasteiger partial charge < -0.3 is 25.0 Å². The van der Waals surface area contributed by atoms with E-state index < -0.39 is 0 Å². The topological polar surface area (TPSA) is 58.1 Å². The minimum Gasteiger partial charge on any atom is -0.492 e. The molecule has 6 heteroatoms. The fourth-order valence-electron chi connectivity index (χ4n) is 2.86. The quantitative estimate of drug-likeness (QED) is 0.448. The Morgan fingerprint density at radius 2 is 1.92 bits per heavy atom. The zero-order valence-corrected chi connectivity index (χ0v) is 15.0. The van der Waals surface area contributed by atoms with Gasteiger partial charge in [0.15, 0.2) is 5.96 Å². The van der Waals surface area contributed by atoms with Crippen LogP contribution >= 0.6 is 0 Å². The van der Waals surface area contributed by atoms with Crippen molar-refractivity contribution in [2.24, 2.45) is 4.99 Å². The van der Waals surface area contributed by atoms with Crippen LogP contribution in [0, 0.1) is 0 Å². The Bertz CT molecular complexity index is 499. The Hall–Kier alpha value is -1.79. The zero-order chi connectivity index (χ0) is 17.3. The number of nitrogens with one attached hydrogen (secondary N) is 2. The fourth-order valence-corrected chi connectivity index (χ4v) is 2.86. The maximum atomic E-state index is 5.68. The Morgan fingerprint density at radius 3 is 2.54 bits per heavy atom. The number of guanidine groups is 1. The van der Waals surface area contributed by atoms with Crippen molar-refractivity contribution in [3.63, 3.8) is 0 Å². The number of likely N-dealkylation sites (N-methyl/N-ethyl adjacent to an activating group) is 1. The average molecular weight is 334 g/mol. The second-order valence-corrected chi connectivity index (χ2v) is 6.25. The highest BCUT2D eigenvalue weighted by Gasteiger charge is 2.34. The molecule has 1 aromatic rings. The van der Waals surface area contributed by atoms with Crippen LogP contribution in [0.4, 0.5) is 0 Å². The van der Waals surface area contributed by atoms with E-state index in [-0.39, 0.29) is 5.54 Å². The van der Waals surface area contributed by atoms with Gasteiger partial charge in [-0.15, -0.1) is 0 Å². The van der Waals surface area contributed by atoms with Crippen molar-refractivity contribution < 1.29 is 9.47 Å². The van der Waals surface area contributed by atoms with Crippen LogP contribution in [0.5, 0.6) is 5.75 Å². The first-order valence-electron chi connectivity index (χ1n) is 8.54. The lowest BCUT2D eigenvalue weighted by atomic mass is 9.88. The molecule has 1 aliphatic heterocycles. The summed E-state index contributed by atoms with van der Waals surface area (Å²) in [5.74, 6) is 1.69. The highest BCUT2D eigenvalue weighted by Crippen LogP contribution is 2.24. The Balaban J connectivity index is 1.73. The predicted molar refractivity (Wildman–Crippen MR) is 97.8 cm³/mol. The highest BCUT2D eigenvalue weighted by molar-refractivity contribution is 5.79. The van der Waals surface area contributed by atoms with E-state index in [9.17, 15) is 0 Å². The summed E-state index contributed by atoms with van der Waals surface area (Å²) in [4.78, 5) is 6.60. The number of aliphatic imine (C=N–C) groups is 1. The summed E-state index contributed by atoms with van der Waals surface area (Å²) < 4.78 is 11.2. The molecule has 0 saturated carbocycles. The number of para-hydroxylation sites is 1. The molecule has 1 saturated heterocycles. The van der Waals surface area contributed by atoms with Crippen molar-refractivity contribution >= 4 is 5.96 Å². The van der Waals surface area contributed by atoms with Gasteiger partial charge >= 0.3 is 0 Å². The molecule has 1 aliphatic rings. The van der Waals surface area contributed by atoms with E-state index in [1.807, 2.05) is 30.3 Å². The van der Waals surface area contributed by atoms with Crippen LogP contribution in [0.3, 0.4) is 0 Å². The largest absolute Gasteiger partial charge is 0.492 e. The summed E-state index contributed by atoms with van der Waals surface area (Å²) in [7, 11) is 6.06. The van der Waals surface area contributed by atoms with E-state index in [1.165, 1.54) is 0 Å². The molecule has 1 fully saturated rings. The van der Waals surface area contributed by atoms with Gasteiger partial charge in [0, 0.05) is 32.3 Å². The van der Waals surface area contributed by atoms with Gasteiger partial charge in [-0.2, -0.15) is 0 Å². The Labute approximate surface area is 145 Å². The van der Waals surface area contributed by atoms with Crippen molar-refractivity contribution in [3.8, 4) is 5.75 Å². The number of ether oxygens (including phenoxy) is 2. The van der Waals surface area contributed by atoms with Gasteiger partial charge in [-0.05, 0) is 39.1 Å². The third kappa shape index (κ3) is 5.39. The van der Waals surface area contributed by atoms with Crippen LogP contribution in [0.15, 0.2) is 35.3 Å². The molecular formula is C18H30N4O2. The summed E-state index contributed by atoms with van der Waals surface area (Å²) in [5, 5.41) is 6.75. The maximum Gasteiger partial charge on any atom is 0.191 e. The molecule has 0 radical (unpaired) electrons. The van der Waals surface area contributed by atoms with E-state index in [0.717, 1.165) is 44.3 Å². The summed E-state index contributed by atoms with van der Waals surface area (Å²) in [6, 6.07) is 9.83. The third-order valence-electron chi connectivity index (χ3n) is 4.59. The molecule has 24 heavy (non-hydrogen) atoms. The number of hydrogen-bond acceptors (Lipinski definition) is 4. The summed E-state index contributed by atoms with van der Waals surface area (Å²) in [6.45, 7) is 3.78. The lowest BCUT2D eigenvalue weighted by Crippen LogP contribution is -2.57. The zero-order valence-electron chi connectivity index (χ0n) is 15.0. The summed E-state index contributed by atoms with van der Waals surface area (Å²) >= 11 is 0. The number of hydrogen-bond donors (Lipinski definition) is 2. The number of benzene rings is 1. The number of rotatable bonds is 7. The lowest BCUT2D eigenvalue weighted by molar-refractivity contribution is -0.00501. The average Bonchev–Trinajstić information content (AvgIpc) is 2.62. The van der Waals surface area contributed by atoms with Crippen LogP contribution in [-0.4, -0.2) is 70.5 Å². The van der Waals surface area contributed by atoms with E-state index in [2.05, 4.69) is 34.6 Å². The van der Waals surface area contributed by atoms with Gasteiger partial charge in [-0.25, -0.2) is 0 Å². The molecule has 0 aromatic heterocycles. The Kier molecular flexibility index (Phi) is 7.34. The van der Waals surface area contributed by atoms with E-state index in [0.29, 0.717) is 13.2 Å². The van der Waals surface area contributed by atoms with Crippen molar-refractivity contribution in [1.29, 1.82) is 0 Å². The van der Waals surface area contributed by atoms with Crippen LogP contribution in [-0.2, 0) is 4.74 Å². The van der Waals surface area contributed by atoms with Crippen molar-refractivity contribution in [3.05, 3.63) is 30.3 Å². The van der Waals surface area contributed by atoms with Gasteiger partial charge in [0.2, 0.25) is 0 Å². The fraction of sp³-hybridized carbons (Fsp3) is 0.611. The van der Waals surface area contributed by atoms with Crippen LogP contribution < -0.4 is 15.4 Å². The summed E-state index contributed by atoms with van der Waals surface area (Å²) in [6.07, 6.45) is 2.06. The maximum absolute atomic E-state index is 5.68. The van der Waals surface area contributed by atoms with Crippen molar-refractivity contribution in [2.45, 2.75) is 18.4 Å². The minimum atomic E-state index is 0.121. The molecule has 0 aliphatic carbocycles. The molecule has 1 aromatic carbocycles. The van der Waals surface area contributed by atoms with E-state index in [1.54, 1.807) is 7.05 Å². The predicted octanol–water partition coefficient (Wildman–Crippen LogP) is 1.34. The summed E-state index contributed by atoms with van der Waals surface area (Å²) in [5.41, 5.74) is 0.121. The first-order chi connectivity index (χ1) is 11.7. The normalized spacial score (nSPS) is 17.6. The second-order valence-electron chi connectivity index (χ2n) is 6.25.